The summed E-state index contributed by atoms with van der Waals surface area (Å²) in [6.45, 7) is 0.852. The normalized spacial score (nSPS) is 10.9. The van der Waals surface area contributed by atoms with Crippen molar-refractivity contribution < 1.29 is 9.21 Å². The number of aryl methyl sites for hydroxylation is 1. The Morgan fingerprint density at radius 1 is 1.00 bits per heavy atom. The van der Waals surface area contributed by atoms with Gasteiger partial charge in [0.05, 0.1) is 6.26 Å². The second kappa shape index (κ2) is 7.92. The molecule has 0 radical (unpaired) electrons. The van der Waals surface area contributed by atoms with Crippen LogP contribution in [0.1, 0.15) is 16.8 Å². The minimum atomic E-state index is -0.185. The summed E-state index contributed by atoms with van der Waals surface area (Å²) in [4.78, 5) is 24.6. The number of furan rings is 1. The number of hydrogen-bond acceptors (Lipinski definition) is 4. The van der Waals surface area contributed by atoms with Gasteiger partial charge >= 0.3 is 0 Å². The number of hydrogen-bond donors (Lipinski definition) is 1. The van der Waals surface area contributed by atoms with Crippen LogP contribution in [0.5, 0.6) is 0 Å². The third-order valence-electron chi connectivity index (χ3n) is 4.51. The highest BCUT2D eigenvalue weighted by molar-refractivity contribution is 6.06. The first-order valence-corrected chi connectivity index (χ1v) is 9.10. The third kappa shape index (κ3) is 3.71. The summed E-state index contributed by atoms with van der Waals surface area (Å²) in [5, 5.41) is 9.20. The number of nitrogens with one attached hydrogen (secondary N) is 1. The Kier molecular flexibility index (Phi) is 5.01. The molecule has 28 heavy (non-hydrogen) atoms. The van der Waals surface area contributed by atoms with E-state index < -0.39 is 0 Å². The van der Waals surface area contributed by atoms with Crippen molar-refractivity contribution in [2.45, 2.75) is 13.0 Å². The van der Waals surface area contributed by atoms with Gasteiger partial charge in [-0.05, 0) is 41.5 Å². The summed E-state index contributed by atoms with van der Waals surface area (Å²) in [5.41, 5.74) is 1.06. The first kappa shape index (κ1) is 17.7. The SMILES string of the molecule is O=C(NCCCn1nc(-c2ccco2)ccc1=O)c1cccc2ccccc12. The Labute approximate surface area is 161 Å². The van der Waals surface area contributed by atoms with Gasteiger partial charge in [-0.2, -0.15) is 5.10 Å². The second-order valence-corrected chi connectivity index (χ2v) is 6.39. The zero-order valence-electron chi connectivity index (χ0n) is 15.2. The average Bonchev–Trinajstić information content (AvgIpc) is 3.26. The van der Waals surface area contributed by atoms with Crippen LogP contribution in [0.2, 0.25) is 0 Å². The molecule has 4 aromatic rings. The molecule has 140 valence electrons. The van der Waals surface area contributed by atoms with Crippen LogP contribution in [0.25, 0.3) is 22.2 Å². The average molecular weight is 373 g/mol. The van der Waals surface area contributed by atoms with Crippen molar-refractivity contribution in [2.24, 2.45) is 0 Å². The van der Waals surface area contributed by atoms with Crippen LogP contribution in [0.4, 0.5) is 0 Å². The molecule has 4 rings (SSSR count). The topological polar surface area (TPSA) is 77.1 Å². The van der Waals surface area contributed by atoms with E-state index in [0.29, 0.717) is 36.5 Å². The molecule has 0 saturated heterocycles. The lowest BCUT2D eigenvalue weighted by atomic mass is 10.0. The number of carbonyl (C=O) groups excluding carboxylic acids is 1. The van der Waals surface area contributed by atoms with Gasteiger partial charge in [0, 0.05) is 24.7 Å². The molecule has 6 heteroatoms. The van der Waals surface area contributed by atoms with Crippen LogP contribution in [0.15, 0.2) is 82.2 Å². The Morgan fingerprint density at radius 2 is 1.86 bits per heavy atom. The zero-order valence-corrected chi connectivity index (χ0v) is 15.2. The van der Waals surface area contributed by atoms with Crippen LogP contribution in [0.3, 0.4) is 0 Å². The van der Waals surface area contributed by atoms with Gasteiger partial charge in [-0.3, -0.25) is 9.59 Å². The van der Waals surface area contributed by atoms with E-state index in [1.54, 1.807) is 24.5 Å². The summed E-state index contributed by atoms with van der Waals surface area (Å²) in [7, 11) is 0. The van der Waals surface area contributed by atoms with E-state index in [2.05, 4.69) is 10.4 Å². The van der Waals surface area contributed by atoms with Crippen LogP contribution in [-0.4, -0.2) is 22.2 Å². The minimum absolute atomic E-state index is 0.124. The van der Waals surface area contributed by atoms with Crippen molar-refractivity contribution in [2.75, 3.05) is 6.54 Å². The summed E-state index contributed by atoms with van der Waals surface area (Å²) < 4.78 is 6.71. The van der Waals surface area contributed by atoms with Crippen molar-refractivity contribution in [1.82, 2.24) is 15.1 Å². The molecule has 0 bridgehead atoms. The fraction of sp³-hybridized carbons (Fsp3) is 0.136. The highest BCUT2D eigenvalue weighted by Crippen LogP contribution is 2.18. The fourth-order valence-corrected chi connectivity index (χ4v) is 3.11. The molecule has 0 unspecified atom stereocenters. The van der Waals surface area contributed by atoms with Crippen LogP contribution in [-0.2, 0) is 6.54 Å². The van der Waals surface area contributed by atoms with E-state index >= 15 is 0 Å². The van der Waals surface area contributed by atoms with Crippen molar-refractivity contribution in [1.29, 1.82) is 0 Å². The maximum atomic E-state index is 12.5. The molecule has 2 heterocycles. The van der Waals surface area contributed by atoms with E-state index in [-0.39, 0.29) is 11.5 Å². The molecular weight excluding hydrogens is 354 g/mol. The maximum absolute atomic E-state index is 12.5. The van der Waals surface area contributed by atoms with Crippen molar-refractivity contribution in [3.8, 4) is 11.5 Å². The largest absolute Gasteiger partial charge is 0.463 e. The molecule has 0 saturated carbocycles. The quantitative estimate of drug-likeness (QED) is 0.525. The van der Waals surface area contributed by atoms with E-state index in [4.69, 9.17) is 4.42 Å². The smallest absolute Gasteiger partial charge is 0.266 e. The van der Waals surface area contributed by atoms with Crippen LogP contribution < -0.4 is 10.9 Å². The van der Waals surface area contributed by atoms with E-state index in [9.17, 15) is 9.59 Å². The number of fused-ring (bicyclic) bond motifs is 1. The monoisotopic (exact) mass is 373 g/mol. The Bertz CT molecular complexity index is 1160. The van der Waals surface area contributed by atoms with E-state index in [1.807, 2.05) is 42.5 Å². The van der Waals surface area contributed by atoms with Gasteiger partial charge in [-0.1, -0.05) is 36.4 Å². The van der Waals surface area contributed by atoms with Gasteiger partial charge in [-0.25, -0.2) is 4.68 Å². The molecule has 2 aromatic heterocycles. The standard InChI is InChI=1S/C22H19N3O3/c26-21-12-11-19(20-10-4-15-28-20)24-25(21)14-5-13-23-22(27)18-9-3-7-16-6-1-2-8-17(16)18/h1-4,6-12,15H,5,13-14H2,(H,23,27). The molecule has 6 nitrogen and oxygen atoms in total. The zero-order chi connectivity index (χ0) is 19.3. The summed E-state index contributed by atoms with van der Waals surface area (Å²) in [6.07, 6.45) is 2.15. The van der Waals surface area contributed by atoms with Gasteiger partial charge in [0.15, 0.2) is 5.76 Å². The summed E-state index contributed by atoms with van der Waals surface area (Å²) in [6, 6.07) is 20.1. The van der Waals surface area contributed by atoms with Gasteiger partial charge in [0.2, 0.25) is 0 Å². The Balaban J connectivity index is 1.39. The number of nitrogens with zero attached hydrogens (tertiary/aromatic N) is 2. The predicted octanol–water partition coefficient (Wildman–Crippen LogP) is 3.48. The maximum Gasteiger partial charge on any atom is 0.266 e. The highest BCUT2D eigenvalue weighted by atomic mass is 16.3. The minimum Gasteiger partial charge on any atom is -0.463 e. The van der Waals surface area contributed by atoms with Crippen LogP contribution in [0, 0.1) is 0 Å². The van der Waals surface area contributed by atoms with Gasteiger partial charge in [0.1, 0.15) is 5.69 Å². The molecule has 0 aliphatic rings. The van der Waals surface area contributed by atoms with E-state index in [1.165, 1.54) is 10.7 Å². The Hall–Kier alpha value is -3.67. The van der Waals surface area contributed by atoms with E-state index in [0.717, 1.165) is 10.8 Å². The summed E-state index contributed by atoms with van der Waals surface area (Å²) in [5.74, 6) is 0.486. The second-order valence-electron chi connectivity index (χ2n) is 6.39. The number of amides is 1. The van der Waals surface area contributed by atoms with Crippen molar-refractivity contribution in [3.63, 3.8) is 0 Å². The molecule has 0 atom stereocenters. The van der Waals surface area contributed by atoms with Crippen molar-refractivity contribution in [3.05, 3.63) is 88.9 Å². The number of rotatable bonds is 6. The molecule has 1 N–H and O–H groups in total. The summed E-state index contributed by atoms with van der Waals surface area (Å²) >= 11 is 0. The van der Waals surface area contributed by atoms with Crippen LogP contribution >= 0.6 is 0 Å². The Morgan fingerprint density at radius 3 is 2.71 bits per heavy atom. The fourth-order valence-electron chi connectivity index (χ4n) is 3.11. The molecule has 0 fully saturated rings. The van der Waals surface area contributed by atoms with Gasteiger partial charge in [-0.15, -0.1) is 0 Å². The van der Waals surface area contributed by atoms with Gasteiger partial charge in [0.25, 0.3) is 11.5 Å². The molecule has 0 aliphatic carbocycles. The lowest BCUT2D eigenvalue weighted by Gasteiger charge is -2.09. The number of benzene rings is 2. The van der Waals surface area contributed by atoms with Crippen molar-refractivity contribution >= 4 is 16.7 Å². The third-order valence-corrected chi connectivity index (χ3v) is 4.51. The molecule has 2 aromatic carbocycles. The molecular formula is C22H19N3O3. The highest BCUT2D eigenvalue weighted by Gasteiger charge is 2.09. The lowest BCUT2D eigenvalue weighted by Crippen LogP contribution is -2.28. The molecule has 0 spiro atoms. The first-order chi connectivity index (χ1) is 13.7. The number of aromatic nitrogens is 2. The molecule has 0 aliphatic heterocycles. The van der Waals surface area contributed by atoms with Gasteiger partial charge < -0.3 is 9.73 Å². The molecule has 1 amide bonds. The lowest BCUT2D eigenvalue weighted by molar-refractivity contribution is 0.0954. The first-order valence-electron chi connectivity index (χ1n) is 9.10. The number of carbonyl (C=O) groups is 1. The predicted molar refractivity (Wildman–Crippen MR) is 107 cm³/mol.